The Kier molecular flexibility index (Phi) is 5.41. The highest BCUT2D eigenvalue weighted by molar-refractivity contribution is 7.22. The lowest BCUT2D eigenvalue weighted by molar-refractivity contribution is -0.119. The maximum atomic E-state index is 12.7. The molecule has 1 N–H and O–H groups in total. The number of nitrogens with one attached hydrogen (secondary N) is 1. The average molecular weight is 427 g/mol. The Morgan fingerprint density at radius 2 is 2.14 bits per heavy atom. The zero-order chi connectivity index (χ0) is 20.4. The molecule has 7 nitrogen and oxygen atoms in total. The Hall–Kier alpha value is -3.04. The fourth-order valence-corrected chi connectivity index (χ4v) is 4.38. The molecule has 1 unspecified atom stereocenters. The van der Waals surface area contributed by atoms with Gasteiger partial charge in [-0.3, -0.25) is 9.59 Å². The Labute approximate surface area is 174 Å². The van der Waals surface area contributed by atoms with Crippen LogP contribution in [0.4, 0.5) is 5.13 Å². The molecule has 1 aromatic carbocycles. The summed E-state index contributed by atoms with van der Waals surface area (Å²) in [5.74, 6) is 0.406. The van der Waals surface area contributed by atoms with E-state index in [9.17, 15) is 9.59 Å². The van der Waals surface area contributed by atoms with E-state index in [0.29, 0.717) is 17.4 Å². The second-order valence-corrected chi connectivity index (χ2v) is 8.20. The predicted molar refractivity (Wildman–Crippen MR) is 116 cm³/mol. The van der Waals surface area contributed by atoms with Crippen LogP contribution in [0.1, 0.15) is 19.9 Å². The van der Waals surface area contributed by atoms with Crippen molar-refractivity contribution in [2.24, 2.45) is 0 Å². The molecule has 9 heteroatoms. The SMILES string of the molecule is CCOc1ccc2nc(NC(=O)C(C)n3nc(-c4cccs4)ccc3=O)sc2c1. The minimum Gasteiger partial charge on any atom is -0.494 e. The third kappa shape index (κ3) is 4.06. The molecule has 0 saturated heterocycles. The normalized spacial score (nSPS) is 12.1. The van der Waals surface area contributed by atoms with Gasteiger partial charge in [-0.15, -0.1) is 11.3 Å². The summed E-state index contributed by atoms with van der Waals surface area (Å²) < 4.78 is 7.61. The predicted octanol–water partition coefficient (Wildman–Crippen LogP) is 4.18. The lowest BCUT2D eigenvalue weighted by Gasteiger charge is -2.13. The van der Waals surface area contributed by atoms with Gasteiger partial charge in [0.2, 0.25) is 0 Å². The molecule has 4 rings (SSSR count). The van der Waals surface area contributed by atoms with Crippen LogP contribution in [0.2, 0.25) is 0 Å². The van der Waals surface area contributed by atoms with Crippen LogP contribution < -0.4 is 15.6 Å². The summed E-state index contributed by atoms with van der Waals surface area (Å²) in [4.78, 5) is 30.4. The highest BCUT2D eigenvalue weighted by Crippen LogP contribution is 2.29. The van der Waals surface area contributed by atoms with Gasteiger partial charge in [0.05, 0.1) is 21.7 Å². The van der Waals surface area contributed by atoms with Crippen molar-refractivity contribution < 1.29 is 9.53 Å². The fraction of sp³-hybridized carbons (Fsp3) is 0.200. The van der Waals surface area contributed by atoms with Gasteiger partial charge in [-0.2, -0.15) is 5.10 Å². The quantitative estimate of drug-likeness (QED) is 0.500. The van der Waals surface area contributed by atoms with Crippen LogP contribution in [-0.2, 0) is 4.79 Å². The number of anilines is 1. The minimum atomic E-state index is -0.784. The molecule has 3 heterocycles. The smallest absolute Gasteiger partial charge is 0.267 e. The first kappa shape index (κ1) is 19.3. The van der Waals surface area contributed by atoms with Crippen LogP contribution in [0.3, 0.4) is 0 Å². The van der Waals surface area contributed by atoms with E-state index in [-0.39, 0.29) is 11.5 Å². The van der Waals surface area contributed by atoms with Gasteiger partial charge in [-0.25, -0.2) is 9.67 Å². The largest absolute Gasteiger partial charge is 0.494 e. The summed E-state index contributed by atoms with van der Waals surface area (Å²) >= 11 is 2.88. The van der Waals surface area contributed by atoms with Gasteiger partial charge in [0.15, 0.2) is 5.13 Å². The van der Waals surface area contributed by atoms with Crippen molar-refractivity contribution in [3.05, 3.63) is 58.2 Å². The molecule has 3 aromatic heterocycles. The van der Waals surface area contributed by atoms with E-state index < -0.39 is 6.04 Å². The third-order valence-corrected chi connectivity index (χ3v) is 6.07. The molecular formula is C20H18N4O3S2. The number of hydrogen-bond donors (Lipinski definition) is 1. The maximum absolute atomic E-state index is 12.7. The van der Waals surface area contributed by atoms with Crippen molar-refractivity contribution in [1.29, 1.82) is 0 Å². The monoisotopic (exact) mass is 426 g/mol. The number of nitrogens with zero attached hydrogens (tertiary/aromatic N) is 3. The summed E-state index contributed by atoms with van der Waals surface area (Å²) in [7, 11) is 0. The molecule has 0 bridgehead atoms. The van der Waals surface area contributed by atoms with E-state index >= 15 is 0 Å². The first-order chi connectivity index (χ1) is 14.0. The first-order valence-electron chi connectivity index (χ1n) is 9.03. The summed E-state index contributed by atoms with van der Waals surface area (Å²) in [5.41, 5.74) is 1.10. The highest BCUT2D eigenvalue weighted by Gasteiger charge is 2.20. The molecule has 0 aliphatic rings. The second kappa shape index (κ2) is 8.14. The van der Waals surface area contributed by atoms with Gasteiger partial charge in [0.1, 0.15) is 17.5 Å². The Balaban J connectivity index is 1.56. The van der Waals surface area contributed by atoms with Crippen LogP contribution in [0, 0.1) is 0 Å². The molecule has 29 heavy (non-hydrogen) atoms. The van der Waals surface area contributed by atoms with Crippen LogP contribution in [0.25, 0.3) is 20.8 Å². The molecule has 148 valence electrons. The van der Waals surface area contributed by atoms with E-state index in [1.54, 1.807) is 13.0 Å². The highest BCUT2D eigenvalue weighted by atomic mass is 32.1. The number of thiazole rings is 1. The van der Waals surface area contributed by atoms with Crippen LogP contribution in [-0.4, -0.2) is 27.3 Å². The molecule has 0 radical (unpaired) electrons. The Bertz CT molecular complexity index is 1210. The number of thiophene rings is 1. The number of aromatic nitrogens is 3. The van der Waals surface area contributed by atoms with Gasteiger partial charge < -0.3 is 10.1 Å². The summed E-state index contributed by atoms with van der Waals surface area (Å²) in [6.07, 6.45) is 0. The summed E-state index contributed by atoms with van der Waals surface area (Å²) in [6, 6.07) is 11.7. The number of fused-ring (bicyclic) bond motifs is 1. The van der Waals surface area contributed by atoms with E-state index in [2.05, 4.69) is 15.4 Å². The molecule has 1 atom stereocenters. The van der Waals surface area contributed by atoms with Gasteiger partial charge in [0.25, 0.3) is 11.5 Å². The van der Waals surface area contributed by atoms with Crippen LogP contribution in [0.15, 0.2) is 52.6 Å². The minimum absolute atomic E-state index is 0.335. The first-order valence-corrected chi connectivity index (χ1v) is 10.7. The summed E-state index contributed by atoms with van der Waals surface area (Å²) in [5, 5.41) is 9.57. The third-order valence-electron chi connectivity index (χ3n) is 4.25. The molecule has 0 spiro atoms. The zero-order valence-corrected chi connectivity index (χ0v) is 17.4. The molecule has 1 amide bonds. The van der Waals surface area contributed by atoms with Crippen molar-refractivity contribution in [3.63, 3.8) is 0 Å². The Morgan fingerprint density at radius 3 is 2.90 bits per heavy atom. The number of hydrogen-bond acceptors (Lipinski definition) is 7. The van der Waals surface area contributed by atoms with Gasteiger partial charge in [-0.05, 0) is 49.6 Å². The van der Waals surface area contributed by atoms with Gasteiger partial charge in [0, 0.05) is 6.07 Å². The van der Waals surface area contributed by atoms with E-state index in [1.165, 1.54) is 33.4 Å². The van der Waals surface area contributed by atoms with Crippen molar-refractivity contribution in [3.8, 4) is 16.3 Å². The van der Waals surface area contributed by atoms with Crippen LogP contribution in [0.5, 0.6) is 5.75 Å². The van der Waals surface area contributed by atoms with Crippen LogP contribution >= 0.6 is 22.7 Å². The molecular weight excluding hydrogens is 408 g/mol. The number of benzene rings is 1. The molecule has 0 saturated carbocycles. The van der Waals surface area contributed by atoms with E-state index in [1.807, 2.05) is 42.6 Å². The van der Waals surface area contributed by atoms with Crippen molar-refractivity contribution in [2.75, 3.05) is 11.9 Å². The molecule has 0 aliphatic carbocycles. The van der Waals surface area contributed by atoms with Crippen molar-refractivity contribution in [1.82, 2.24) is 14.8 Å². The molecule has 0 aliphatic heterocycles. The maximum Gasteiger partial charge on any atom is 0.267 e. The topological polar surface area (TPSA) is 86.1 Å². The average Bonchev–Trinajstić information content (AvgIpc) is 3.37. The number of carbonyl (C=O) groups is 1. The lowest BCUT2D eigenvalue weighted by Crippen LogP contribution is -2.33. The van der Waals surface area contributed by atoms with Gasteiger partial charge >= 0.3 is 0 Å². The standard InChI is InChI=1S/C20H18N4O3S2/c1-3-27-13-6-7-14-17(11-13)29-20(21-14)22-19(26)12(2)24-18(25)9-8-15(23-24)16-5-4-10-28-16/h4-12H,3H2,1-2H3,(H,21,22,26). The fourth-order valence-electron chi connectivity index (χ4n) is 2.79. The number of carbonyl (C=O) groups excluding carboxylic acids is 1. The molecule has 4 aromatic rings. The van der Waals surface area contributed by atoms with E-state index in [4.69, 9.17) is 4.74 Å². The number of rotatable bonds is 6. The van der Waals surface area contributed by atoms with Crippen molar-refractivity contribution >= 4 is 43.9 Å². The lowest BCUT2D eigenvalue weighted by atomic mass is 10.3. The van der Waals surface area contributed by atoms with Gasteiger partial charge in [-0.1, -0.05) is 17.4 Å². The number of ether oxygens (including phenoxy) is 1. The van der Waals surface area contributed by atoms with Crippen molar-refractivity contribution in [2.45, 2.75) is 19.9 Å². The number of amides is 1. The second-order valence-electron chi connectivity index (χ2n) is 6.23. The Morgan fingerprint density at radius 1 is 1.28 bits per heavy atom. The zero-order valence-electron chi connectivity index (χ0n) is 15.8. The van der Waals surface area contributed by atoms with E-state index in [0.717, 1.165) is 20.8 Å². The molecule has 0 fully saturated rings. The summed E-state index contributed by atoms with van der Waals surface area (Å²) in [6.45, 7) is 4.15.